The molecule has 1 N–H and O–H groups in total. The number of carboxylic acids is 1. The van der Waals surface area contributed by atoms with E-state index in [2.05, 4.69) is 0 Å². The Labute approximate surface area is 228 Å². The second kappa shape index (κ2) is 11.1. The molecule has 0 aliphatic carbocycles. The number of carbonyl (C=O) groups is 1. The van der Waals surface area contributed by atoms with Crippen molar-refractivity contribution in [3.63, 3.8) is 0 Å². The van der Waals surface area contributed by atoms with Crippen molar-refractivity contribution in [2.24, 2.45) is 0 Å². The second-order valence-corrected chi connectivity index (χ2v) is 11.2. The van der Waals surface area contributed by atoms with E-state index in [0.29, 0.717) is 18.4 Å². The number of sulfone groups is 1. The topological polar surface area (TPSA) is 76.4 Å². The van der Waals surface area contributed by atoms with Gasteiger partial charge >= 0.3 is 5.97 Å². The molecule has 0 saturated carbocycles. The molecule has 5 aromatic rings. The van der Waals surface area contributed by atoms with Crippen LogP contribution < -0.4 is 0 Å². The van der Waals surface area contributed by atoms with E-state index >= 15 is 0 Å². The van der Waals surface area contributed by atoms with Gasteiger partial charge < -0.3 is 9.67 Å². The van der Waals surface area contributed by atoms with Crippen LogP contribution in [0, 0.1) is 0 Å². The number of rotatable bonds is 9. The zero-order valence-corrected chi connectivity index (χ0v) is 22.4. The van der Waals surface area contributed by atoms with Crippen LogP contribution >= 0.6 is 0 Å². The van der Waals surface area contributed by atoms with Crippen molar-refractivity contribution >= 4 is 15.8 Å². The zero-order chi connectivity index (χ0) is 27.4. The van der Waals surface area contributed by atoms with E-state index in [4.69, 9.17) is 0 Å². The molecule has 0 amide bonds. The summed E-state index contributed by atoms with van der Waals surface area (Å²) in [6.45, 7) is 1.81. The molecule has 1 aromatic heterocycles. The van der Waals surface area contributed by atoms with E-state index in [1.54, 1.807) is 42.5 Å². The summed E-state index contributed by atoms with van der Waals surface area (Å²) in [5, 5.41) is 9.90. The standard InChI is InChI=1S/C33H29NO4S/c1-2-29-28(22-26-18-12-13-21-30(26)39(37,38)27-19-10-5-11-20-27)32(24-14-6-3-7-15-24)33(34(29)23-31(35)36)25-16-8-4-9-17-25/h3-21H,2,22-23H2,1H3,(H,35,36). The number of aliphatic carboxylic acids is 1. The summed E-state index contributed by atoms with van der Waals surface area (Å²) in [5.74, 6) is -0.935. The largest absolute Gasteiger partial charge is 0.480 e. The van der Waals surface area contributed by atoms with Crippen LogP contribution in [0.25, 0.3) is 22.4 Å². The molecule has 4 aromatic carbocycles. The molecule has 0 radical (unpaired) electrons. The van der Waals surface area contributed by atoms with E-state index in [0.717, 1.165) is 33.6 Å². The first kappa shape index (κ1) is 26.2. The number of carboxylic acid groups (broad SMARTS) is 1. The first-order valence-corrected chi connectivity index (χ1v) is 14.3. The van der Waals surface area contributed by atoms with Gasteiger partial charge in [0.1, 0.15) is 6.54 Å². The summed E-state index contributed by atoms with van der Waals surface area (Å²) in [6, 6.07) is 35.2. The monoisotopic (exact) mass is 535 g/mol. The Hall–Kier alpha value is -4.42. The van der Waals surface area contributed by atoms with Crippen molar-refractivity contribution in [1.82, 2.24) is 4.57 Å². The molecule has 0 fully saturated rings. The molecule has 5 nitrogen and oxygen atoms in total. The first-order chi connectivity index (χ1) is 18.9. The van der Waals surface area contributed by atoms with Gasteiger partial charge in [0, 0.05) is 17.7 Å². The molecule has 5 rings (SSSR count). The van der Waals surface area contributed by atoms with Crippen LogP contribution in [0.5, 0.6) is 0 Å². The zero-order valence-electron chi connectivity index (χ0n) is 21.6. The highest BCUT2D eigenvalue weighted by molar-refractivity contribution is 7.91. The van der Waals surface area contributed by atoms with Gasteiger partial charge in [-0.15, -0.1) is 0 Å². The molecule has 0 aliphatic rings. The average molecular weight is 536 g/mol. The first-order valence-electron chi connectivity index (χ1n) is 12.9. The van der Waals surface area contributed by atoms with Crippen LogP contribution in [-0.4, -0.2) is 24.1 Å². The fourth-order valence-electron chi connectivity index (χ4n) is 5.27. The maximum Gasteiger partial charge on any atom is 0.323 e. The van der Waals surface area contributed by atoms with Gasteiger partial charge in [-0.3, -0.25) is 4.79 Å². The van der Waals surface area contributed by atoms with Gasteiger partial charge in [0.05, 0.1) is 15.5 Å². The Morgan fingerprint density at radius 3 is 1.87 bits per heavy atom. The average Bonchev–Trinajstić information content (AvgIpc) is 3.26. The lowest BCUT2D eigenvalue weighted by Crippen LogP contribution is -2.13. The Morgan fingerprint density at radius 1 is 0.744 bits per heavy atom. The van der Waals surface area contributed by atoms with Gasteiger partial charge in [-0.05, 0) is 46.9 Å². The maximum absolute atomic E-state index is 13.7. The lowest BCUT2D eigenvalue weighted by atomic mass is 9.93. The number of hydrogen-bond acceptors (Lipinski definition) is 3. The Bertz CT molecular complexity index is 1710. The minimum Gasteiger partial charge on any atom is -0.480 e. The number of nitrogens with zero attached hydrogens (tertiary/aromatic N) is 1. The molecule has 196 valence electrons. The van der Waals surface area contributed by atoms with E-state index in [1.165, 1.54) is 0 Å². The fraction of sp³-hybridized carbons (Fsp3) is 0.121. The summed E-state index contributed by atoms with van der Waals surface area (Å²) >= 11 is 0. The minimum atomic E-state index is -3.76. The Morgan fingerprint density at radius 2 is 1.28 bits per heavy atom. The highest BCUT2D eigenvalue weighted by atomic mass is 32.2. The lowest BCUT2D eigenvalue weighted by molar-refractivity contribution is -0.137. The third-order valence-corrected chi connectivity index (χ3v) is 8.77. The SMILES string of the molecule is CCc1c(Cc2ccccc2S(=O)(=O)c2ccccc2)c(-c2ccccc2)c(-c2ccccc2)n1CC(=O)O. The van der Waals surface area contributed by atoms with Crippen LogP contribution in [0.3, 0.4) is 0 Å². The van der Waals surface area contributed by atoms with Gasteiger partial charge in [0.15, 0.2) is 0 Å². The molecular formula is C33H29NO4S. The summed E-state index contributed by atoms with van der Waals surface area (Å²) < 4.78 is 29.3. The van der Waals surface area contributed by atoms with Crippen LogP contribution in [0.4, 0.5) is 0 Å². The molecule has 1 heterocycles. The predicted octanol–water partition coefficient (Wildman–Crippen LogP) is 6.89. The second-order valence-electron chi connectivity index (χ2n) is 9.32. The third kappa shape index (κ3) is 5.16. The maximum atomic E-state index is 13.7. The normalized spacial score (nSPS) is 11.4. The van der Waals surface area contributed by atoms with Crippen molar-refractivity contribution in [3.8, 4) is 22.4 Å². The van der Waals surface area contributed by atoms with Crippen LogP contribution in [-0.2, 0) is 34.0 Å². The molecule has 39 heavy (non-hydrogen) atoms. The van der Waals surface area contributed by atoms with Gasteiger partial charge in [0.25, 0.3) is 0 Å². The van der Waals surface area contributed by atoms with Crippen LogP contribution in [0.2, 0.25) is 0 Å². The smallest absolute Gasteiger partial charge is 0.323 e. The third-order valence-electron chi connectivity index (χ3n) is 6.90. The highest BCUT2D eigenvalue weighted by Crippen LogP contribution is 2.41. The van der Waals surface area contributed by atoms with Crippen LogP contribution in [0.15, 0.2) is 125 Å². The summed E-state index contributed by atoms with van der Waals surface area (Å²) in [4.78, 5) is 12.6. The molecule has 6 heteroatoms. The minimum absolute atomic E-state index is 0.197. The number of hydrogen-bond donors (Lipinski definition) is 1. The molecule has 0 unspecified atom stereocenters. The summed E-state index contributed by atoms with van der Waals surface area (Å²) in [5.41, 5.74) is 6.07. The van der Waals surface area contributed by atoms with Crippen molar-refractivity contribution in [2.45, 2.75) is 36.1 Å². The van der Waals surface area contributed by atoms with Crippen molar-refractivity contribution in [2.75, 3.05) is 0 Å². The van der Waals surface area contributed by atoms with Gasteiger partial charge in [-0.1, -0.05) is 104 Å². The molecule has 0 spiro atoms. The molecule has 0 atom stereocenters. The van der Waals surface area contributed by atoms with E-state index in [1.807, 2.05) is 84.3 Å². The molecule has 0 saturated heterocycles. The van der Waals surface area contributed by atoms with Gasteiger partial charge in [0.2, 0.25) is 9.84 Å². The molecular weight excluding hydrogens is 506 g/mol. The Kier molecular flexibility index (Phi) is 7.48. The fourth-order valence-corrected chi connectivity index (χ4v) is 6.78. The molecule has 0 aliphatic heterocycles. The predicted molar refractivity (Wildman–Crippen MR) is 153 cm³/mol. The van der Waals surface area contributed by atoms with Crippen molar-refractivity contribution < 1.29 is 18.3 Å². The van der Waals surface area contributed by atoms with E-state index in [-0.39, 0.29) is 16.3 Å². The molecule has 0 bridgehead atoms. The van der Waals surface area contributed by atoms with Gasteiger partial charge in [-0.2, -0.15) is 0 Å². The van der Waals surface area contributed by atoms with E-state index < -0.39 is 15.8 Å². The summed E-state index contributed by atoms with van der Waals surface area (Å²) in [7, 11) is -3.76. The number of aromatic nitrogens is 1. The lowest BCUT2D eigenvalue weighted by Gasteiger charge is -2.13. The van der Waals surface area contributed by atoms with Crippen LogP contribution in [0.1, 0.15) is 23.7 Å². The Balaban J connectivity index is 1.79. The van der Waals surface area contributed by atoms with Crippen molar-refractivity contribution in [3.05, 3.63) is 132 Å². The quantitative estimate of drug-likeness (QED) is 0.223. The van der Waals surface area contributed by atoms with E-state index in [9.17, 15) is 18.3 Å². The van der Waals surface area contributed by atoms with Crippen molar-refractivity contribution in [1.29, 1.82) is 0 Å². The highest BCUT2D eigenvalue weighted by Gasteiger charge is 2.27. The van der Waals surface area contributed by atoms with Gasteiger partial charge in [-0.25, -0.2) is 8.42 Å². The number of benzene rings is 4. The summed E-state index contributed by atoms with van der Waals surface area (Å²) in [6.07, 6.45) is 0.922.